The molecule has 88 valence electrons. The number of ether oxygens (including phenoxy) is 1. The smallest absolute Gasteiger partial charge is 0.258 e. The van der Waals surface area contributed by atoms with Gasteiger partial charge in [-0.3, -0.25) is 9.79 Å². The van der Waals surface area contributed by atoms with Crippen LogP contribution in [0.1, 0.15) is 21.5 Å². The summed E-state index contributed by atoms with van der Waals surface area (Å²) in [6.45, 7) is 4.95. The molecule has 0 unspecified atom stereocenters. The zero-order chi connectivity index (χ0) is 12.0. The first-order valence-electron chi connectivity index (χ1n) is 5.71. The summed E-state index contributed by atoms with van der Waals surface area (Å²) in [5.74, 6) is 0.0168. The average molecular weight is 230 g/mol. The molecule has 1 aromatic rings. The summed E-state index contributed by atoms with van der Waals surface area (Å²) in [7, 11) is 0. The van der Waals surface area contributed by atoms with E-state index in [2.05, 4.69) is 4.99 Å². The Bertz CT molecular complexity index is 522. The van der Waals surface area contributed by atoms with Crippen LogP contribution in [0.2, 0.25) is 0 Å². The number of benzene rings is 1. The van der Waals surface area contributed by atoms with Gasteiger partial charge in [-0.25, -0.2) is 0 Å². The molecule has 1 amide bonds. The van der Waals surface area contributed by atoms with Crippen LogP contribution in [0.3, 0.4) is 0 Å². The highest BCUT2D eigenvalue weighted by molar-refractivity contribution is 6.03. The first-order valence-corrected chi connectivity index (χ1v) is 5.71. The van der Waals surface area contributed by atoms with Gasteiger partial charge in [0, 0.05) is 6.21 Å². The van der Waals surface area contributed by atoms with Gasteiger partial charge in [-0.2, -0.15) is 0 Å². The van der Waals surface area contributed by atoms with Crippen molar-refractivity contribution in [2.45, 2.75) is 19.9 Å². The molecule has 2 aliphatic rings. The summed E-state index contributed by atoms with van der Waals surface area (Å²) in [5.41, 5.74) is 3.72. The minimum atomic E-state index is -0.0180. The van der Waals surface area contributed by atoms with Crippen LogP contribution in [0.15, 0.2) is 17.1 Å². The zero-order valence-electron chi connectivity index (χ0n) is 9.93. The van der Waals surface area contributed by atoms with E-state index in [0.29, 0.717) is 18.9 Å². The van der Waals surface area contributed by atoms with Crippen LogP contribution in [0.25, 0.3) is 0 Å². The van der Waals surface area contributed by atoms with Gasteiger partial charge in [-0.15, -0.1) is 0 Å². The minimum absolute atomic E-state index is 0.0168. The third-order valence-electron chi connectivity index (χ3n) is 3.41. The maximum Gasteiger partial charge on any atom is 0.258 e. The van der Waals surface area contributed by atoms with Crippen molar-refractivity contribution in [1.82, 2.24) is 4.90 Å². The normalized spacial score (nSPS) is 22.4. The molecular formula is C13H14N2O2. The lowest BCUT2D eigenvalue weighted by molar-refractivity contribution is 0.0684. The van der Waals surface area contributed by atoms with E-state index in [1.165, 1.54) is 0 Å². The molecule has 2 heterocycles. The molecule has 1 fully saturated rings. The van der Waals surface area contributed by atoms with E-state index < -0.39 is 0 Å². The van der Waals surface area contributed by atoms with Crippen LogP contribution in [-0.4, -0.2) is 36.4 Å². The van der Waals surface area contributed by atoms with Gasteiger partial charge >= 0.3 is 0 Å². The number of carbonyl (C=O) groups excluding carboxylic acids is 1. The number of hydrogen-bond donors (Lipinski definition) is 0. The van der Waals surface area contributed by atoms with Crippen LogP contribution < -0.4 is 0 Å². The summed E-state index contributed by atoms with van der Waals surface area (Å²) in [5, 5.41) is 0. The number of rotatable bonds is 0. The van der Waals surface area contributed by atoms with Crippen molar-refractivity contribution in [3.8, 4) is 0 Å². The van der Waals surface area contributed by atoms with E-state index in [-0.39, 0.29) is 11.9 Å². The van der Waals surface area contributed by atoms with Crippen molar-refractivity contribution in [1.29, 1.82) is 0 Å². The average Bonchev–Trinajstić information content (AvgIpc) is 2.73. The highest BCUT2D eigenvalue weighted by atomic mass is 16.5. The lowest BCUT2D eigenvalue weighted by Gasteiger charge is -2.17. The number of aliphatic imine (C=N–C) groups is 1. The van der Waals surface area contributed by atoms with Gasteiger partial charge < -0.3 is 9.64 Å². The summed E-state index contributed by atoms with van der Waals surface area (Å²) in [6.07, 6.45) is 1.81. The van der Waals surface area contributed by atoms with E-state index in [9.17, 15) is 4.79 Å². The second-order valence-corrected chi connectivity index (χ2v) is 4.57. The minimum Gasteiger partial charge on any atom is -0.358 e. The third-order valence-corrected chi connectivity index (χ3v) is 3.41. The number of nitrogens with zero attached hydrogens (tertiary/aromatic N) is 2. The predicted octanol–water partition coefficient (Wildman–Crippen LogP) is 1.82. The van der Waals surface area contributed by atoms with E-state index in [1.54, 1.807) is 4.90 Å². The number of hydrogen-bond acceptors (Lipinski definition) is 3. The highest BCUT2D eigenvalue weighted by Gasteiger charge is 2.32. The quantitative estimate of drug-likeness (QED) is 0.682. The highest BCUT2D eigenvalue weighted by Crippen LogP contribution is 2.28. The van der Waals surface area contributed by atoms with Crippen LogP contribution >= 0.6 is 0 Å². The molecule has 17 heavy (non-hydrogen) atoms. The van der Waals surface area contributed by atoms with Crippen molar-refractivity contribution in [2.75, 3.05) is 13.3 Å². The molecule has 0 saturated carbocycles. The number of amides is 1. The van der Waals surface area contributed by atoms with E-state index in [1.807, 2.05) is 32.2 Å². The molecule has 0 spiro atoms. The van der Waals surface area contributed by atoms with Crippen LogP contribution in [0.4, 0.5) is 5.69 Å². The number of fused-ring (bicyclic) bond motifs is 2. The monoisotopic (exact) mass is 230 g/mol. The fourth-order valence-corrected chi connectivity index (χ4v) is 2.19. The molecule has 0 radical (unpaired) electrons. The maximum atomic E-state index is 12.3. The zero-order valence-corrected chi connectivity index (χ0v) is 9.93. The molecule has 0 N–H and O–H groups in total. The maximum absolute atomic E-state index is 12.3. The molecule has 2 aliphatic heterocycles. The Hall–Kier alpha value is -1.68. The molecule has 3 rings (SSSR count). The summed E-state index contributed by atoms with van der Waals surface area (Å²) >= 11 is 0. The Labute approximate surface area is 99.9 Å². The molecule has 1 saturated heterocycles. The van der Waals surface area contributed by atoms with E-state index in [4.69, 9.17) is 4.74 Å². The molecule has 1 aromatic carbocycles. The van der Waals surface area contributed by atoms with E-state index in [0.717, 1.165) is 16.8 Å². The van der Waals surface area contributed by atoms with Gasteiger partial charge in [-0.1, -0.05) is 0 Å². The molecule has 0 aromatic heterocycles. The molecule has 0 aliphatic carbocycles. The fourth-order valence-electron chi connectivity index (χ4n) is 2.19. The Kier molecular flexibility index (Phi) is 2.26. The summed E-state index contributed by atoms with van der Waals surface area (Å²) in [6, 6.07) is 3.88. The Morgan fingerprint density at radius 3 is 2.94 bits per heavy atom. The van der Waals surface area contributed by atoms with Crippen LogP contribution in [-0.2, 0) is 4.74 Å². The van der Waals surface area contributed by atoms with Gasteiger partial charge in [0.1, 0.15) is 6.73 Å². The first kappa shape index (κ1) is 10.5. The van der Waals surface area contributed by atoms with E-state index >= 15 is 0 Å². The van der Waals surface area contributed by atoms with Gasteiger partial charge in [-0.05, 0) is 37.1 Å². The SMILES string of the molecule is Cc1cc2c(cc1C)C(=O)N1COC[C@H]1C=N2. The molecule has 4 nitrogen and oxygen atoms in total. The van der Waals surface area contributed by atoms with Crippen molar-refractivity contribution < 1.29 is 9.53 Å². The van der Waals surface area contributed by atoms with Crippen LogP contribution in [0, 0.1) is 13.8 Å². The Balaban J connectivity index is 2.15. The second kappa shape index (κ2) is 3.67. The molecule has 4 heteroatoms. The van der Waals surface area contributed by atoms with Crippen molar-refractivity contribution >= 4 is 17.8 Å². The van der Waals surface area contributed by atoms with Gasteiger partial charge in [0.15, 0.2) is 0 Å². The fraction of sp³-hybridized carbons (Fsp3) is 0.385. The standard InChI is InChI=1S/C13H14N2O2/c1-8-3-11-12(4-9(8)2)14-5-10-6-17-7-15(10)13(11)16/h3-5,10H,6-7H2,1-2H3/t10-/m1/s1. The lowest BCUT2D eigenvalue weighted by Crippen LogP contribution is -2.36. The Morgan fingerprint density at radius 1 is 1.35 bits per heavy atom. The number of carbonyl (C=O) groups is 1. The van der Waals surface area contributed by atoms with Gasteiger partial charge in [0.05, 0.1) is 23.9 Å². The first-order chi connectivity index (χ1) is 8.16. The Morgan fingerprint density at radius 2 is 2.12 bits per heavy atom. The largest absolute Gasteiger partial charge is 0.358 e. The van der Waals surface area contributed by atoms with Crippen molar-refractivity contribution in [3.63, 3.8) is 0 Å². The summed E-state index contributed by atoms with van der Waals surface area (Å²) in [4.78, 5) is 18.5. The predicted molar refractivity (Wildman–Crippen MR) is 64.8 cm³/mol. The molecular weight excluding hydrogens is 216 g/mol. The number of aryl methyl sites for hydroxylation is 2. The second-order valence-electron chi connectivity index (χ2n) is 4.57. The van der Waals surface area contributed by atoms with Gasteiger partial charge in [0.2, 0.25) is 0 Å². The summed E-state index contributed by atoms with van der Waals surface area (Å²) < 4.78 is 5.30. The van der Waals surface area contributed by atoms with Crippen molar-refractivity contribution in [3.05, 3.63) is 28.8 Å². The van der Waals surface area contributed by atoms with Crippen LogP contribution in [0.5, 0.6) is 0 Å². The van der Waals surface area contributed by atoms with Gasteiger partial charge in [0.25, 0.3) is 5.91 Å². The molecule has 0 bridgehead atoms. The lowest BCUT2D eigenvalue weighted by atomic mass is 10.0. The topological polar surface area (TPSA) is 41.9 Å². The molecule has 1 atom stereocenters. The van der Waals surface area contributed by atoms with Crippen molar-refractivity contribution in [2.24, 2.45) is 4.99 Å². The third kappa shape index (κ3) is 1.56.